The Bertz CT molecular complexity index is 1080. The lowest BCUT2D eigenvalue weighted by Gasteiger charge is -2.08. The van der Waals surface area contributed by atoms with Gasteiger partial charge in [-0.05, 0) is 55.2 Å². The largest absolute Gasteiger partial charge is 0.0616 e. The summed E-state index contributed by atoms with van der Waals surface area (Å²) in [5.41, 5.74) is 0. The van der Waals surface area contributed by atoms with Gasteiger partial charge in [0.05, 0.1) is 0 Å². The first kappa shape index (κ1) is 11.8. The number of rotatable bonds is 0. The Morgan fingerprint density at radius 2 is 0.773 bits per heavy atom. The molecular weight excluding hydrogens is 264 g/mol. The molecule has 0 aliphatic rings. The first-order chi connectivity index (χ1) is 10.9. The third-order valence-electron chi connectivity index (χ3n) is 4.61. The summed E-state index contributed by atoms with van der Waals surface area (Å²) in [6.45, 7) is 0. The number of fused-ring (bicyclic) bond motifs is 6. The zero-order chi connectivity index (χ0) is 14.5. The molecule has 5 rings (SSSR count). The van der Waals surface area contributed by atoms with Crippen LogP contribution < -0.4 is 0 Å². The van der Waals surface area contributed by atoms with Gasteiger partial charge in [0.2, 0.25) is 0 Å². The minimum absolute atomic E-state index is 1.30. The summed E-state index contributed by atoms with van der Waals surface area (Å²) in [5.74, 6) is 0. The molecule has 0 N–H and O–H groups in total. The van der Waals surface area contributed by atoms with E-state index in [1.54, 1.807) is 0 Å². The van der Waals surface area contributed by atoms with E-state index in [4.69, 9.17) is 0 Å². The predicted molar refractivity (Wildman–Crippen MR) is 96.5 cm³/mol. The molecule has 0 nitrogen and oxygen atoms in total. The maximum atomic E-state index is 2.36. The lowest BCUT2D eigenvalue weighted by molar-refractivity contribution is 1.78. The van der Waals surface area contributed by atoms with E-state index >= 15 is 0 Å². The van der Waals surface area contributed by atoms with Crippen LogP contribution in [0.1, 0.15) is 0 Å². The van der Waals surface area contributed by atoms with Crippen molar-refractivity contribution in [3.8, 4) is 0 Å². The Hall–Kier alpha value is -2.86. The Kier molecular flexibility index (Phi) is 2.31. The summed E-state index contributed by atoms with van der Waals surface area (Å²) in [6, 6.07) is 30.8. The minimum Gasteiger partial charge on any atom is -0.0616 e. The molecule has 5 aromatic carbocycles. The summed E-state index contributed by atoms with van der Waals surface area (Å²) >= 11 is 0. The first-order valence-electron chi connectivity index (χ1n) is 7.63. The van der Waals surface area contributed by atoms with Crippen LogP contribution in [0, 0.1) is 0 Å². The Balaban J connectivity index is 2.05. The van der Waals surface area contributed by atoms with Crippen LogP contribution in [-0.4, -0.2) is 0 Å². The third-order valence-corrected chi connectivity index (χ3v) is 4.61. The SMILES string of the molecule is c1ccc2c(c1)ccc1cc3ccc4ccccc4c3cc12. The topological polar surface area (TPSA) is 0 Å². The standard InChI is InChI=1S/C22H14/c1-3-7-19-15(5-1)9-11-17-13-18-12-10-16-6-2-4-8-20(16)22(18)14-21(17)19/h1-14H. The molecule has 0 aromatic heterocycles. The highest BCUT2D eigenvalue weighted by Gasteiger charge is 2.05. The Morgan fingerprint density at radius 1 is 0.318 bits per heavy atom. The number of hydrogen-bond acceptors (Lipinski definition) is 0. The molecule has 0 aliphatic carbocycles. The Morgan fingerprint density at radius 3 is 1.32 bits per heavy atom. The van der Waals surface area contributed by atoms with Crippen molar-refractivity contribution in [2.45, 2.75) is 0 Å². The van der Waals surface area contributed by atoms with Crippen molar-refractivity contribution in [3.05, 3.63) is 84.9 Å². The van der Waals surface area contributed by atoms with Gasteiger partial charge < -0.3 is 0 Å². The molecule has 0 atom stereocenters. The summed E-state index contributed by atoms with van der Waals surface area (Å²) in [5, 5.41) is 10.5. The monoisotopic (exact) mass is 278 g/mol. The van der Waals surface area contributed by atoms with Gasteiger partial charge in [0, 0.05) is 0 Å². The Labute approximate surface area is 128 Å². The van der Waals surface area contributed by atoms with E-state index in [0.29, 0.717) is 0 Å². The average molecular weight is 278 g/mol. The second kappa shape index (κ2) is 4.32. The highest BCUT2D eigenvalue weighted by Crippen LogP contribution is 2.32. The van der Waals surface area contributed by atoms with E-state index < -0.39 is 0 Å². The second-order valence-corrected chi connectivity index (χ2v) is 5.87. The zero-order valence-electron chi connectivity index (χ0n) is 12.1. The molecule has 0 saturated heterocycles. The van der Waals surface area contributed by atoms with E-state index in [2.05, 4.69) is 84.9 Å². The van der Waals surface area contributed by atoms with Gasteiger partial charge in [-0.3, -0.25) is 0 Å². The van der Waals surface area contributed by atoms with Crippen LogP contribution in [-0.2, 0) is 0 Å². The van der Waals surface area contributed by atoms with Crippen LogP contribution in [0.2, 0.25) is 0 Å². The van der Waals surface area contributed by atoms with Crippen molar-refractivity contribution in [1.82, 2.24) is 0 Å². The molecule has 0 heterocycles. The predicted octanol–water partition coefficient (Wildman–Crippen LogP) is 6.30. The van der Waals surface area contributed by atoms with E-state index in [0.717, 1.165) is 0 Å². The number of hydrogen-bond donors (Lipinski definition) is 0. The smallest absolute Gasteiger partial charge is 0.00988 e. The van der Waals surface area contributed by atoms with Gasteiger partial charge in [0.25, 0.3) is 0 Å². The van der Waals surface area contributed by atoms with Crippen molar-refractivity contribution in [2.24, 2.45) is 0 Å². The van der Waals surface area contributed by atoms with Crippen molar-refractivity contribution >= 4 is 43.1 Å². The third kappa shape index (κ3) is 1.58. The summed E-state index contributed by atoms with van der Waals surface area (Å²) in [4.78, 5) is 0. The fourth-order valence-corrected chi connectivity index (χ4v) is 3.51. The van der Waals surface area contributed by atoms with E-state index in [9.17, 15) is 0 Å². The van der Waals surface area contributed by atoms with Crippen molar-refractivity contribution in [3.63, 3.8) is 0 Å². The molecular formula is C22H14. The van der Waals surface area contributed by atoms with Gasteiger partial charge in [-0.2, -0.15) is 0 Å². The number of benzene rings is 5. The van der Waals surface area contributed by atoms with Gasteiger partial charge >= 0.3 is 0 Å². The zero-order valence-corrected chi connectivity index (χ0v) is 12.1. The van der Waals surface area contributed by atoms with Crippen molar-refractivity contribution in [2.75, 3.05) is 0 Å². The summed E-state index contributed by atoms with van der Waals surface area (Å²) in [7, 11) is 0. The van der Waals surface area contributed by atoms with Crippen molar-refractivity contribution in [1.29, 1.82) is 0 Å². The lowest BCUT2D eigenvalue weighted by Crippen LogP contribution is -1.81. The molecule has 102 valence electrons. The van der Waals surface area contributed by atoms with Crippen LogP contribution in [0.3, 0.4) is 0 Å². The summed E-state index contributed by atoms with van der Waals surface area (Å²) in [6.07, 6.45) is 0. The first-order valence-corrected chi connectivity index (χ1v) is 7.63. The highest BCUT2D eigenvalue weighted by molar-refractivity contribution is 6.17. The molecule has 5 aromatic rings. The fraction of sp³-hybridized carbons (Fsp3) is 0. The van der Waals surface area contributed by atoms with Crippen LogP contribution >= 0.6 is 0 Å². The maximum Gasteiger partial charge on any atom is -0.00988 e. The quantitative estimate of drug-likeness (QED) is 0.230. The maximum absolute atomic E-state index is 2.36. The molecule has 0 heteroatoms. The fourth-order valence-electron chi connectivity index (χ4n) is 3.51. The average Bonchev–Trinajstić information content (AvgIpc) is 2.60. The lowest BCUT2D eigenvalue weighted by atomic mass is 9.95. The van der Waals surface area contributed by atoms with Gasteiger partial charge in [0.15, 0.2) is 0 Å². The van der Waals surface area contributed by atoms with Gasteiger partial charge in [-0.1, -0.05) is 72.8 Å². The molecule has 0 spiro atoms. The van der Waals surface area contributed by atoms with Crippen LogP contribution in [0.15, 0.2) is 84.9 Å². The van der Waals surface area contributed by atoms with Gasteiger partial charge in [0.1, 0.15) is 0 Å². The van der Waals surface area contributed by atoms with Crippen molar-refractivity contribution < 1.29 is 0 Å². The highest BCUT2D eigenvalue weighted by atomic mass is 14.1. The summed E-state index contributed by atoms with van der Waals surface area (Å²) < 4.78 is 0. The normalized spacial score (nSPS) is 11.6. The molecule has 22 heavy (non-hydrogen) atoms. The molecule has 0 saturated carbocycles. The van der Waals surface area contributed by atoms with Crippen LogP contribution in [0.4, 0.5) is 0 Å². The van der Waals surface area contributed by atoms with Gasteiger partial charge in [-0.25, -0.2) is 0 Å². The molecule has 0 radical (unpaired) electrons. The molecule has 0 bridgehead atoms. The molecule has 0 unspecified atom stereocenters. The molecule has 0 fully saturated rings. The second-order valence-electron chi connectivity index (χ2n) is 5.87. The van der Waals surface area contributed by atoms with Crippen LogP contribution in [0.25, 0.3) is 43.1 Å². The van der Waals surface area contributed by atoms with E-state index in [1.165, 1.54) is 43.1 Å². The van der Waals surface area contributed by atoms with E-state index in [1.807, 2.05) is 0 Å². The minimum atomic E-state index is 1.30. The molecule has 0 aliphatic heterocycles. The van der Waals surface area contributed by atoms with Gasteiger partial charge in [-0.15, -0.1) is 0 Å². The van der Waals surface area contributed by atoms with E-state index in [-0.39, 0.29) is 0 Å². The van der Waals surface area contributed by atoms with Crippen LogP contribution in [0.5, 0.6) is 0 Å². The molecule has 0 amide bonds.